The molecular formula is C23H26N4O2. The number of hydrogen-bond donors (Lipinski definition) is 0. The molecule has 6 nitrogen and oxygen atoms in total. The molecule has 0 aromatic heterocycles. The van der Waals surface area contributed by atoms with Crippen molar-refractivity contribution >= 4 is 0 Å². The van der Waals surface area contributed by atoms with Gasteiger partial charge in [0.1, 0.15) is 0 Å². The highest BCUT2D eigenvalue weighted by Crippen LogP contribution is 2.35. The lowest BCUT2D eigenvalue weighted by molar-refractivity contribution is -0.253. The molecular weight excluding hydrogens is 364 g/mol. The molecule has 0 bridgehead atoms. The van der Waals surface area contributed by atoms with Crippen molar-refractivity contribution in [2.75, 3.05) is 13.1 Å². The van der Waals surface area contributed by atoms with Gasteiger partial charge in [-0.3, -0.25) is 4.90 Å². The maximum absolute atomic E-state index is 8.42. The quantitative estimate of drug-likeness (QED) is 0.311. The third-order valence-electron chi connectivity index (χ3n) is 5.16. The van der Waals surface area contributed by atoms with Crippen LogP contribution < -0.4 is 0 Å². The first-order valence-corrected chi connectivity index (χ1v) is 9.79. The molecule has 4 atom stereocenters. The number of hydrogen-bond acceptors (Lipinski definition) is 4. The molecule has 150 valence electrons. The van der Waals surface area contributed by atoms with Gasteiger partial charge in [0.25, 0.3) is 0 Å². The third-order valence-corrected chi connectivity index (χ3v) is 5.16. The fraction of sp³-hybridized carbons (Fsp3) is 0.391. The Morgan fingerprint density at radius 3 is 2.45 bits per heavy atom. The van der Waals surface area contributed by atoms with Gasteiger partial charge in [-0.15, -0.1) is 0 Å². The molecule has 0 amide bonds. The maximum atomic E-state index is 8.42. The van der Waals surface area contributed by atoms with Crippen molar-refractivity contribution in [3.05, 3.63) is 82.2 Å². The highest BCUT2D eigenvalue weighted by Gasteiger charge is 2.41. The van der Waals surface area contributed by atoms with Crippen molar-refractivity contribution in [3.63, 3.8) is 0 Å². The summed E-state index contributed by atoms with van der Waals surface area (Å²) in [6.07, 6.45) is -0.419. The van der Waals surface area contributed by atoms with E-state index in [1.165, 1.54) is 0 Å². The predicted molar refractivity (Wildman–Crippen MR) is 113 cm³/mol. The minimum atomic E-state index is -0.414. The summed E-state index contributed by atoms with van der Waals surface area (Å²) in [5, 5.41) is 3.48. The van der Waals surface area contributed by atoms with E-state index in [1.54, 1.807) is 0 Å². The third kappa shape index (κ3) is 5.60. The van der Waals surface area contributed by atoms with Gasteiger partial charge in [-0.2, -0.15) is 0 Å². The van der Waals surface area contributed by atoms with Crippen molar-refractivity contribution < 1.29 is 9.47 Å². The number of benzene rings is 2. The number of rotatable bonds is 6. The summed E-state index contributed by atoms with van der Waals surface area (Å²) in [5.74, 6) is 6.05. The van der Waals surface area contributed by atoms with Crippen LogP contribution in [0.25, 0.3) is 10.4 Å². The Morgan fingerprint density at radius 2 is 1.76 bits per heavy atom. The maximum Gasteiger partial charge on any atom is 0.177 e. The minimum absolute atomic E-state index is 0.00494. The van der Waals surface area contributed by atoms with Crippen LogP contribution in [0.3, 0.4) is 0 Å². The number of nitrogens with zero attached hydrogens (tertiary/aromatic N) is 4. The first kappa shape index (κ1) is 20.9. The van der Waals surface area contributed by atoms with Gasteiger partial charge in [0.2, 0.25) is 0 Å². The van der Waals surface area contributed by atoms with E-state index < -0.39 is 6.29 Å². The summed E-state index contributed by atoms with van der Waals surface area (Å²) in [6.45, 7) is 5.40. The van der Waals surface area contributed by atoms with Crippen molar-refractivity contribution in [1.82, 2.24) is 4.90 Å². The van der Waals surface area contributed by atoms with E-state index in [9.17, 15) is 0 Å². The summed E-state index contributed by atoms with van der Waals surface area (Å²) in [4.78, 5) is 5.05. The van der Waals surface area contributed by atoms with Crippen LogP contribution in [0.2, 0.25) is 0 Å². The molecule has 0 N–H and O–H groups in total. The van der Waals surface area contributed by atoms with E-state index in [2.05, 4.69) is 52.7 Å². The predicted octanol–water partition coefficient (Wildman–Crippen LogP) is 4.69. The highest BCUT2D eigenvalue weighted by molar-refractivity contribution is 5.22. The van der Waals surface area contributed by atoms with Gasteiger partial charge in [0, 0.05) is 11.0 Å². The second-order valence-corrected chi connectivity index (χ2v) is 7.02. The van der Waals surface area contributed by atoms with Crippen LogP contribution in [0.15, 0.2) is 65.8 Å². The van der Waals surface area contributed by atoms with Crippen LogP contribution in [-0.4, -0.2) is 36.4 Å². The zero-order valence-corrected chi connectivity index (χ0v) is 16.8. The molecule has 1 saturated heterocycles. The molecule has 4 unspecified atom stereocenters. The Labute approximate surface area is 172 Å². The molecule has 2 aromatic carbocycles. The van der Waals surface area contributed by atoms with Crippen LogP contribution in [0.1, 0.15) is 31.0 Å². The summed E-state index contributed by atoms with van der Waals surface area (Å²) in [7, 11) is 0. The fourth-order valence-electron chi connectivity index (χ4n) is 3.47. The SMILES string of the molecule is CC1OC(OCc2ccccc2)C(c2ccccc2)N(CC#CCN=[N+]=[N-])C1C. The van der Waals surface area contributed by atoms with E-state index in [0.29, 0.717) is 13.2 Å². The largest absolute Gasteiger partial charge is 0.346 e. The zero-order chi connectivity index (χ0) is 20.5. The Kier molecular flexibility index (Phi) is 7.69. The monoisotopic (exact) mass is 390 g/mol. The zero-order valence-electron chi connectivity index (χ0n) is 16.8. The molecule has 0 saturated carbocycles. The lowest BCUT2D eigenvalue weighted by Gasteiger charge is -2.47. The van der Waals surface area contributed by atoms with Crippen molar-refractivity contribution in [2.24, 2.45) is 5.11 Å². The van der Waals surface area contributed by atoms with Crippen LogP contribution in [0.4, 0.5) is 0 Å². The molecule has 1 aliphatic rings. The van der Waals surface area contributed by atoms with Gasteiger partial charge < -0.3 is 9.47 Å². The molecule has 0 radical (unpaired) electrons. The lowest BCUT2D eigenvalue weighted by Crippen LogP contribution is -2.55. The average Bonchev–Trinajstić information content (AvgIpc) is 2.76. The Balaban J connectivity index is 1.84. The fourth-order valence-corrected chi connectivity index (χ4v) is 3.47. The smallest absolute Gasteiger partial charge is 0.177 e. The number of morpholine rings is 1. The van der Waals surface area contributed by atoms with Crippen LogP contribution >= 0.6 is 0 Å². The molecule has 6 heteroatoms. The second kappa shape index (κ2) is 10.7. The van der Waals surface area contributed by atoms with Crippen LogP contribution in [0.5, 0.6) is 0 Å². The van der Waals surface area contributed by atoms with Gasteiger partial charge in [-0.25, -0.2) is 0 Å². The molecule has 2 aromatic rings. The topological polar surface area (TPSA) is 70.5 Å². The number of azide groups is 1. The molecule has 3 rings (SSSR count). The molecule has 1 aliphatic heterocycles. The van der Waals surface area contributed by atoms with E-state index in [1.807, 2.05) is 48.5 Å². The van der Waals surface area contributed by atoms with E-state index in [0.717, 1.165) is 11.1 Å². The molecule has 29 heavy (non-hydrogen) atoms. The summed E-state index contributed by atoms with van der Waals surface area (Å²) >= 11 is 0. The van der Waals surface area contributed by atoms with Crippen molar-refractivity contribution in [2.45, 2.75) is 44.9 Å². The normalized spacial score (nSPS) is 24.2. The first-order chi connectivity index (χ1) is 14.2. The Morgan fingerprint density at radius 1 is 1.07 bits per heavy atom. The van der Waals surface area contributed by atoms with Crippen molar-refractivity contribution in [3.8, 4) is 11.8 Å². The van der Waals surface area contributed by atoms with Gasteiger partial charge in [-0.05, 0) is 30.5 Å². The summed E-state index contributed by atoms with van der Waals surface area (Å²) in [6, 6.07) is 20.4. The lowest BCUT2D eigenvalue weighted by atomic mass is 9.98. The second-order valence-electron chi connectivity index (χ2n) is 7.02. The molecule has 1 fully saturated rings. The average molecular weight is 390 g/mol. The molecule has 0 spiro atoms. The van der Waals surface area contributed by atoms with Crippen molar-refractivity contribution in [1.29, 1.82) is 0 Å². The Hall–Kier alpha value is -2.81. The van der Waals surface area contributed by atoms with Gasteiger partial charge in [-0.1, -0.05) is 77.6 Å². The van der Waals surface area contributed by atoms with Gasteiger partial charge >= 0.3 is 0 Å². The number of ether oxygens (including phenoxy) is 2. The summed E-state index contributed by atoms with van der Waals surface area (Å²) in [5.41, 5.74) is 10.6. The van der Waals surface area contributed by atoms with E-state index in [-0.39, 0.29) is 24.7 Å². The standard InChI is InChI=1S/C23H26N4O2/c1-18-19(2)29-23(28-17-20-11-5-3-6-12-20)22(21-13-7-4-8-14-21)27(18)16-10-9-15-25-26-24/h3-8,11-14,18-19,22-23H,15-17H2,1-2H3. The van der Waals surface area contributed by atoms with Gasteiger partial charge in [0.05, 0.1) is 31.8 Å². The van der Waals surface area contributed by atoms with Crippen LogP contribution in [0, 0.1) is 11.8 Å². The Bertz CT molecular complexity index is 872. The van der Waals surface area contributed by atoms with E-state index in [4.69, 9.17) is 15.0 Å². The first-order valence-electron chi connectivity index (χ1n) is 9.79. The van der Waals surface area contributed by atoms with Crippen LogP contribution in [-0.2, 0) is 16.1 Å². The van der Waals surface area contributed by atoms with Gasteiger partial charge in [0.15, 0.2) is 6.29 Å². The molecule has 0 aliphatic carbocycles. The minimum Gasteiger partial charge on any atom is -0.346 e. The van der Waals surface area contributed by atoms with E-state index >= 15 is 0 Å². The summed E-state index contributed by atoms with van der Waals surface area (Å²) < 4.78 is 12.5. The molecule has 1 heterocycles. The highest BCUT2D eigenvalue weighted by atomic mass is 16.7.